The van der Waals surface area contributed by atoms with E-state index in [1.54, 1.807) is 24.8 Å². The largest absolute Gasteiger partial charge is 0.387 e. The van der Waals surface area contributed by atoms with E-state index in [4.69, 9.17) is 4.98 Å². The van der Waals surface area contributed by atoms with Gasteiger partial charge in [-0.3, -0.25) is 4.79 Å². The molecule has 0 unspecified atom stereocenters. The first-order valence-corrected chi connectivity index (χ1v) is 11.2. The second-order valence-electron chi connectivity index (χ2n) is 7.76. The summed E-state index contributed by atoms with van der Waals surface area (Å²) in [7, 11) is 0. The number of nitrogens with zero attached hydrogens (tertiary/aromatic N) is 3. The van der Waals surface area contributed by atoms with Crippen LogP contribution in [0, 0.1) is 6.92 Å². The second-order valence-corrected chi connectivity index (χ2v) is 8.68. The van der Waals surface area contributed by atoms with Gasteiger partial charge >= 0.3 is 0 Å². The minimum Gasteiger partial charge on any atom is -0.387 e. The Balaban J connectivity index is 1.49. The molecule has 0 fully saturated rings. The van der Waals surface area contributed by atoms with Crippen molar-refractivity contribution in [3.63, 3.8) is 0 Å². The summed E-state index contributed by atoms with van der Waals surface area (Å²) in [4.78, 5) is 27.6. The standard InChI is InChI=1S/C24H21BrN6O2/c1-14-9-17(31-8-7-26-13-31)11-19-22(14)30-23(29-19)21-18(5-6-27-24(21)33)28-12-20(32)15-3-2-4-16(25)10-15/h2-11,13,20,32H,12H2,1H3,(H,29,30)(H2,27,28,33)/t20-/m1/s1. The topological polar surface area (TPSA) is 112 Å². The second kappa shape index (κ2) is 8.68. The molecule has 0 saturated carbocycles. The number of aliphatic hydroxyl groups is 1. The first kappa shape index (κ1) is 21.2. The van der Waals surface area contributed by atoms with Crippen LogP contribution in [0.2, 0.25) is 0 Å². The number of hydrogen-bond acceptors (Lipinski definition) is 5. The number of aliphatic hydroxyl groups excluding tert-OH is 1. The normalized spacial score (nSPS) is 12.2. The van der Waals surface area contributed by atoms with Crippen molar-refractivity contribution in [2.45, 2.75) is 13.0 Å². The summed E-state index contributed by atoms with van der Waals surface area (Å²) in [5.41, 5.74) is 5.00. The Morgan fingerprint density at radius 2 is 2.12 bits per heavy atom. The van der Waals surface area contributed by atoms with Gasteiger partial charge in [0.2, 0.25) is 0 Å². The molecule has 9 heteroatoms. The van der Waals surface area contributed by atoms with Crippen LogP contribution in [0.25, 0.3) is 28.1 Å². The molecule has 5 aromatic rings. The molecule has 0 saturated heterocycles. The van der Waals surface area contributed by atoms with Gasteiger partial charge in [0.25, 0.3) is 5.56 Å². The van der Waals surface area contributed by atoms with Crippen molar-refractivity contribution < 1.29 is 5.11 Å². The molecule has 3 heterocycles. The quantitative estimate of drug-likeness (QED) is 0.275. The lowest BCUT2D eigenvalue weighted by Crippen LogP contribution is -2.17. The van der Waals surface area contributed by atoms with E-state index < -0.39 is 6.10 Å². The third kappa shape index (κ3) is 4.20. The number of imidazole rings is 2. The lowest BCUT2D eigenvalue weighted by molar-refractivity contribution is 0.191. The van der Waals surface area contributed by atoms with Gasteiger partial charge in [0.15, 0.2) is 0 Å². The van der Waals surface area contributed by atoms with Gasteiger partial charge < -0.3 is 25.0 Å². The van der Waals surface area contributed by atoms with Crippen molar-refractivity contribution in [2.24, 2.45) is 0 Å². The van der Waals surface area contributed by atoms with Gasteiger partial charge in [-0.15, -0.1) is 0 Å². The fourth-order valence-corrected chi connectivity index (χ4v) is 4.27. The maximum atomic E-state index is 12.8. The van der Waals surface area contributed by atoms with Crippen LogP contribution in [0.3, 0.4) is 0 Å². The van der Waals surface area contributed by atoms with Crippen LogP contribution in [0.4, 0.5) is 5.69 Å². The molecule has 0 aliphatic rings. The van der Waals surface area contributed by atoms with E-state index in [0.717, 1.165) is 32.3 Å². The van der Waals surface area contributed by atoms with Crippen molar-refractivity contribution in [3.05, 3.63) is 93.3 Å². The number of anilines is 1. The summed E-state index contributed by atoms with van der Waals surface area (Å²) in [6.07, 6.45) is 6.16. The molecule has 166 valence electrons. The van der Waals surface area contributed by atoms with E-state index >= 15 is 0 Å². The molecular formula is C24H21BrN6O2. The first-order chi connectivity index (χ1) is 16.0. The summed E-state index contributed by atoms with van der Waals surface area (Å²) in [5.74, 6) is 0.456. The van der Waals surface area contributed by atoms with Crippen molar-refractivity contribution in [2.75, 3.05) is 11.9 Å². The number of aromatic nitrogens is 5. The fourth-order valence-electron chi connectivity index (χ4n) is 3.85. The molecule has 8 nitrogen and oxygen atoms in total. The van der Waals surface area contributed by atoms with E-state index in [1.165, 1.54) is 0 Å². The van der Waals surface area contributed by atoms with Crippen molar-refractivity contribution >= 4 is 32.7 Å². The molecule has 33 heavy (non-hydrogen) atoms. The van der Waals surface area contributed by atoms with Crippen LogP contribution in [-0.2, 0) is 0 Å². The number of nitrogens with one attached hydrogen (secondary N) is 3. The van der Waals surface area contributed by atoms with E-state index in [1.807, 2.05) is 54.1 Å². The molecule has 0 aliphatic heterocycles. The number of aromatic amines is 2. The zero-order valence-corrected chi connectivity index (χ0v) is 19.3. The molecule has 0 amide bonds. The zero-order chi connectivity index (χ0) is 22.9. The molecule has 1 atom stereocenters. The zero-order valence-electron chi connectivity index (χ0n) is 17.7. The monoisotopic (exact) mass is 504 g/mol. The SMILES string of the molecule is Cc1cc(-n2ccnc2)cc2[nH]c(-c3c(NC[C@@H](O)c4cccc(Br)c4)cc[nH]c3=O)nc12. The summed E-state index contributed by atoms with van der Waals surface area (Å²) >= 11 is 3.42. The van der Waals surface area contributed by atoms with Crippen LogP contribution >= 0.6 is 15.9 Å². The van der Waals surface area contributed by atoms with Gasteiger partial charge in [0.05, 0.1) is 29.2 Å². The average Bonchev–Trinajstić information content (AvgIpc) is 3.48. The number of halogens is 1. The molecule has 2 aromatic carbocycles. The van der Waals surface area contributed by atoms with Gasteiger partial charge in [-0.05, 0) is 48.4 Å². The molecule has 4 N–H and O–H groups in total. The predicted molar refractivity (Wildman–Crippen MR) is 132 cm³/mol. The van der Waals surface area contributed by atoms with Gasteiger partial charge in [-0.2, -0.15) is 0 Å². The van der Waals surface area contributed by atoms with E-state index in [-0.39, 0.29) is 12.1 Å². The van der Waals surface area contributed by atoms with Crippen LogP contribution < -0.4 is 10.9 Å². The Kier molecular flexibility index (Phi) is 5.57. The van der Waals surface area contributed by atoms with Gasteiger partial charge in [0, 0.05) is 35.3 Å². The van der Waals surface area contributed by atoms with Crippen LogP contribution in [-0.4, -0.2) is 36.2 Å². The highest BCUT2D eigenvalue weighted by Crippen LogP contribution is 2.28. The van der Waals surface area contributed by atoms with E-state index in [2.05, 4.69) is 36.2 Å². The molecular weight excluding hydrogens is 484 g/mol. The fraction of sp³-hybridized carbons (Fsp3) is 0.125. The number of rotatable bonds is 6. The number of H-pyrrole nitrogens is 2. The van der Waals surface area contributed by atoms with Crippen molar-refractivity contribution in [1.82, 2.24) is 24.5 Å². The Morgan fingerprint density at radius 1 is 1.24 bits per heavy atom. The Hall–Kier alpha value is -3.69. The highest BCUT2D eigenvalue weighted by atomic mass is 79.9. The van der Waals surface area contributed by atoms with Gasteiger partial charge in [0.1, 0.15) is 11.4 Å². The molecule has 3 aromatic heterocycles. The number of hydrogen-bond donors (Lipinski definition) is 4. The number of aryl methyl sites for hydroxylation is 1. The maximum Gasteiger partial charge on any atom is 0.261 e. The van der Waals surface area contributed by atoms with Crippen LogP contribution in [0.15, 0.2) is 76.6 Å². The molecule has 5 rings (SSSR count). The Bertz CT molecular complexity index is 1490. The molecule has 0 aliphatic carbocycles. The van der Waals surface area contributed by atoms with Gasteiger partial charge in [-0.1, -0.05) is 28.1 Å². The highest BCUT2D eigenvalue weighted by molar-refractivity contribution is 9.10. The summed E-state index contributed by atoms with van der Waals surface area (Å²) in [6, 6.07) is 13.3. The number of benzene rings is 2. The minimum absolute atomic E-state index is 0.233. The Morgan fingerprint density at radius 3 is 2.91 bits per heavy atom. The van der Waals surface area contributed by atoms with E-state index in [0.29, 0.717) is 17.1 Å². The smallest absolute Gasteiger partial charge is 0.261 e. The number of pyridine rings is 1. The summed E-state index contributed by atoms with van der Waals surface area (Å²) < 4.78 is 2.81. The molecule has 0 radical (unpaired) electrons. The number of fused-ring (bicyclic) bond motifs is 1. The Labute approximate surface area is 197 Å². The summed E-state index contributed by atoms with van der Waals surface area (Å²) in [6.45, 7) is 2.22. The maximum absolute atomic E-state index is 12.8. The molecule has 0 spiro atoms. The van der Waals surface area contributed by atoms with Gasteiger partial charge in [-0.25, -0.2) is 9.97 Å². The summed E-state index contributed by atoms with van der Waals surface area (Å²) in [5, 5.41) is 13.8. The lowest BCUT2D eigenvalue weighted by Gasteiger charge is -2.15. The third-order valence-electron chi connectivity index (χ3n) is 5.48. The first-order valence-electron chi connectivity index (χ1n) is 10.4. The van der Waals surface area contributed by atoms with Crippen LogP contribution in [0.1, 0.15) is 17.2 Å². The predicted octanol–water partition coefficient (Wildman–Crippen LogP) is 4.32. The van der Waals surface area contributed by atoms with Crippen LogP contribution in [0.5, 0.6) is 0 Å². The van der Waals surface area contributed by atoms with Crippen molar-refractivity contribution in [3.8, 4) is 17.1 Å². The average molecular weight is 505 g/mol. The molecule has 0 bridgehead atoms. The third-order valence-corrected chi connectivity index (χ3v) is 5.97. The highest BCUT2D eigenvalue weighted by Gasteiger charge is 2.17. The van der Waals surface area contributed by atoms with Crippen molar-refractivity contribution in [1.29, 1.82) is 0 Å². The van der Waals surface area contributed by atoms with E-state index in [9.17, 15) is 9.90 Å². The lowest BCUT2D eigenvalue weighted by atomic mass is 10.1. The minimum atomic E-state index is -0.745.